The minimum atomic E-state index is -0.0248. The first-order chi connectivity index (χ1) is 10.1. The molecule has 0 aliphatic carbocycles. The van der Waals surface area contributed by atoms with E-state index in [1.54, 1.807) is 0 Å². The Bertz CT molecular complexity index is 759. The molecule has 0 aliphatic rings. The van der Waals surface area contributed by atoms with Crippen molar-refractivity contribution in [1.82, 2.24) is 0 Å². The van der Waals surface area contributed by atoms with Gasteiger partial charge in [0.15, 0.2) is 0 Å². The van der Waals surface area contributed by atoms with Crippen LogP contribution in [0, 0.1) is 22.2 Å². The average Bonchev–Trinajstić information content (AvgIpc) is 2.41. The Balaban J connectivity index is 2.91. The maximum absolute atomic E-state index is 9.61. The van der Waals surface area contributed by atoms with Gasteiger partial charge < -0.3 is 0 Å². The number of nitrogens with zero attached hydrogens (tertiary/aromatic N) is 1. The van der Waals surface area contributed by atoms with Crippen LogP contribution in [-0.4, -0.2) is 0 Å². The van der Waals surface area contributed by atoms with Crippen molar-refractivity contribution >= 4 is 16.3 Å². The first kappa shape index (κ1) is 16.3. The van der Waals surface area contributed by atoms with Crippen LogP contribution in [0.4, 0.5) is 0 Å². The first-order valence-corrected chi connectivity index (χ1v) is 7.79. The number of nitriles is 1. The predicted octanol–water partition coefficient (Wildman–Crippen LogP) is 6.19. The highest BCUT2D eigenvalue weighted by Crippen LogP contribution is 2.41. The number of hydrogen-bond acceptors (Lipinski definition) is 1. The van der Waals surface area contributed by atoms with Crippen LogP contribution in [0.2, 0.25) is 0 Å². The molecule has 0 unspecified atom stereocenters. The molecule has 0 spiro atoms. The summed E-state index contributed by atoms with van der Waals surface area (Å²) >= 11 is 0. The van der Waals surface area contributed by atoms with Gasteiger partial charge in [0.05, 0.1) is 11.6 Å². The van der Waals surface area contributed by atoms with Gasteiger partial charge in [0, 0.05) is 5.56 Å². The van der Waals surface area contributed by atoms with Crippen molar-refractivity contribution in [2.45, 2.75) is 41.5 Å². The number of allylic oxidation sites excluding steroid dienone is 2. The van der Waals surface area contributed by atoms with Gasteiger partial charge in [-0.25, -0.2) is 0 Å². The molecular formula is C21H25N. The summed E-state index contributed by atoms with van der Waals surface area (Å²) < 4.78 is 0. The summed E-state index contributed by atoms with van der Waals surface area (Å²) in [5, 5.41) is 12.0. The molecule has 0 N–H and O–H groups in total. The van der Waals surface area contributed by atoms with Crippen molar-refractivity contribution in [1.29, 1.82) is 5.26 Å². The second-order valence-electron chi connectivity index (χ2n) is 8.00. The monoisotopic (exact) mass is 291 g/mol. The standard InChI is InChI=1S/C21H25N/c1-20(2,3)13-18(21(4,5)6)19-16(14-22)12-11-15-9-7-8-10-17(15)19/h7-13H,1-6H3/b18-13-. The van der Waals surface area contributed by atoms with Crippen LogP contribution in [0.15, 0.2) is 42.5 Å². The van der Waals surface area contributed by atoms with Crippen LogP contribution in [0.3, 0.4) is 0 Å². The van der Waals surface area contributed by atoms with E-state index in [9.17, 15) is 5.26 Å². The molecule has 2 aromatic rings. The maximum atomic E-state index is 9.61. The van der Waals surface area contributed by atoms with Gasteiger partial charge in [-0.3, -0.25) is 0 Å². The summed E-state index contributed by atoms with van der Waals surface area (Å²) in [5.41, 5.74) is 3.12. The summed E-state index contributed by atoms with van der Waals surface area (Å²) in [6, 6.07) is 14.7. The molecule has 0 saturated carbocycles. The van der Waals surface area contributed by atoms with E-state index in [0.717, 1.165) is 16.5 Å². The second kappa shape index (κ2) is 5.61. The average molecular weight is 291 g/mol. The fourth-order valence-corrected chi connectivity index (χ4v) is 2.75. The lowest BCUT2D eigenvalue weighted by Gasteiger charge is -2.29. The van der Waals surface area contributed by atoms with E-state index in [-0.39, 0.29) is 10.8 Å². The van der Waals surface area contributed by atoms with E-state index in [4.69, 9.17) is 0 Å². The third-order valence-corrected chi connectivity index (χ3v) is 3.70. The molecule has 0 radical (unpaired) electrons. The fourth-order valence-electron chi connectivity index (χ4n) is 2.75. The number of rotatable bonds is 1. The van der Waals surface area contributed by atoms with Crippen LogP contribution < -0.4 is 0 Å². The van der Waals surface area contributed by atoms with Crippen LogP contribution in [0.1, 0.15) is 52.7 Å². The van der Waals surface area contributed by atoms with Gasteiger partial charge in [0.1, 0.15) is 0 Å². The van der Waals surface area contributed by atoms with Crippen LogP contribution in [-0.2, 0) is 0 Å². The lowest BCUT2D eigenvalue weighted by atomic mass is 9.75. The van der Waals surface area contributed by atoms with Crippen molar-refractivity contribution in [3.63, 3.8) is 0 Å². The van der Waals surface area contributed by atoms with Gasteiger partial charge in [-0.05, 0) is 33.2 Å². The molecule has 1 heteroatoms. The Hall–Kier alpha value is -2.07. The maximum Gasteiger partial charge on any atom is 0.0998 e. The third kappa shape index (κ3) is 3.39. The molecule has 0 aromatic heterocycles. The van der Waals surface area contributed by atoms with Crippen LogP contribution in [0.5, 0.6) is 0 Å². The molecule has 0 amide bonds. The molecular weight excluding hydrogens is 266 g/mol. The molecule has 114 valence electrons. The zero-order valence-electron chi connectivity index (χ0n) is 14.5. The van der Waals surface area contributed by atoms with Crippen molar-refractivity contribution in [2.24, 2.45) is 10.8 Å². The normalized spacial score (nSPS) is 13.2. The molecule has 2 rings (SSSR count). The van der Waals surface area contributed by atoms with Gasteiger partial charge in [-0.1, -0.05) is 78.0 Å². The van der Waals surface area contributed by atoms with Crippen molar-refractivity contribution in [3.05, 3.63) is 53.6 Å². The SMILES string of the molecule is CC(C)(C)/C=C(/c1c(C#N)ccc2ccccc12)C(C)(C)C. The zero-order chi connectivity index (χ0) is 16.5. The van der Waals surface area contributed by atoms with Crippen molar-refractivity contribution in [2.75, 3.05) is 0 Å². The molecule has 0 fully saturated rings. The highest BCUT2D eigenvalue weighted by molar-refractivity contribution is 5.97. The van der Waals surface area contributed by atoms with E-state index < -0.39 is 0 Å². The number of hydrogen-bond donors (Lipinski definition) is 0. The Kier molecular flexibility index (Phi) is 4.16. The van der Waals surface area contributed by atoms with Crippen LogP contribution >= 0.6 is 0 Å². The Morgan fingerprint density at radius 2 is 1.59 bits per heavy atom. The van der Waals surface area contributed by atoms with Crippen LogP contribution in [0.25, 0.3) is 16.3 Å². The second-order valence-corrected chi connectivity index (χ2v) is 8.00. The lowest BCUT2D eigenvalue weighted by molar-refractivity contribution is 0.517. The summed E-state index contributed by atoms with van der Waals surface area (Å²) in [7, 11) is 0. The van der Waals surface area contributed by atoms with Crippen molar-refractivity contribution in [3.8, 4) is 6.07 Å². The Morgan fingerprint density at radius 3 is 2.14 bits per heavy atom. The molecule has 0 heterocycles. The third-order valence-electron chi connectivity index (χ3n) is 3.70. The highest BCUT2D eigenvalue weighted by atomic mass is 14.3. The minimum absolute atomic E-state index is 0.0248. The quantitative estimate of drug-likeness (QED) is 0.614. The Labute approximate surface area is 134 Å². The van der Waals surface area contributed by atoms with Gasteiger partial charge in [0.2, 0.25) is 0 Å². The number of benzene rings is 2. The van der Waals surface area contributed by atoms with E-state index in [0.29, 0.717) is 0 Å². The predicted molar refractivity (Wildman–Crippen MR) is 95.6 cm³/mol. The summed E-state index contributed by atoms with van der Waals surface area (Å²) in [6.45, 7) is 13.3. The van der Waals surface area contributed by atoms with Gasteiger partial charge in [0.25, 0.3) is 0 Å². The molecule has 1 nitrogen and oxygen atoms in total. The van der Waals surface area contributed by atoms with E-state index in [1.165, 1.54) is 11.0 Å². The van der Waals surface area contributed by atoms with Gasteiger partial charge in [-0.2, -0.15) is 5.26 Å². The largest absolute Gasteiger partial charge is 0.192 e. The summed E-state index contributed by atoms with van der Waals surface area (Å²) in [5.74, 6) is 0. The summed E-state index contributed by atoms with van der Waals surface area (Å²) in [6.07, 6.45) is 2.32. The molecule has 0 saturated heterocycles. The first-order valence-electron chi connectivity index (χ1n) is 7.79. The van der Waals surface area contributed by atoms with E-state index >= 15 is 0 Å². The summed E-state index contributed by atoms with van der Waals surface area (Å²) in [4.78, 5) is 0. The molecule has 22 heavy (non-hydrogen) atoms. The lowest BCUT2D eigenvalue weighted by Crippen LogP contribution is -2.14. The Morgan fingerprint density at radius 1 is 0.955 bits per heavy atom. The fraction of sp³-hybridized carbons (Fsp3) is 0.381. The zero-order valence-corrected chi connectivity index (χ0v) is 14.5. The molecule has 2 aromatic carbocycles. The minimum Gasteiger partial charge on any atom is -0.192 e. The van der Waals surface area contributed by atoms with Gasteiger partial charge >= 0.3 is 0 Å². The number of fused-ring (bicyclic) bond motifs is 1. The highest BCUT2D eigenvalue weighted by Gasteiger charge is 2.25. The van der Waals surface area contributed by atoms with E-state index in [2.05, 4.69) is 65.8 Å². The molecule has 0 atom stereocenters. The topological polar surface area (TPSA) is 23.8 Å². The van der Waals surface area contributed by atoms with E-state index in [1.807, 2.05) is 24.3 Å². The molecule has 0 aliphatic heterocycles. The van der Waals surface area contributed by atoms with Gasteiger partial charge in [-0.15, -0.1) is 0 Å². The molecule has 0 bridgehead atoms. The van der Waals surface area contributed by atoms with Crippen molar-refractivity contribution < 1.29 is 0 Å². The smallest absolute Gasteiger partial charge is 0.0998 e.